The normalized spacial score (nSPS) is 22.7. The number of hydrogen-bond donors (Lipinski definition) is 1. The molecule has 18 heavy (non-hydrogen) atoms. The van der Waals surface area contributed by atoms with Crippen LogP contribution in [0.2, 0.25) is 0 Å². The van der Waals surface area contributed by atoms with Gasteiger partial charge in [0.2, 0.25) is 0 Å². The van der Waals surface area contributed by atoms with Gasteiger partial charge in [0, 0.05) is 19.6 Å². The highest BCUT2D eigenvalue weighted by Gasteiger charge is 2.28. The molecule has 4 nitrogen and oxygen atoms in total. The van der Waals surface area contributed by atoms with Crippen molar-refractivity contribution >= 4 is 5.78 Å². The third-order valence-corrected chi connectivity index (χ3v) is 3.17. The lowest BCUT2D eigenvalue weighted by molar-refractivity contribution is -0.137. The summed E-state index contributed by atoms with van der Waals surface area (Å²) >= 11 is 0. The van der Waals surface area contributed by atoms with Gasteiger partial charge < -0.3 is 10.5 Å². The maximum Gasteiger partial charge on any atom is 0.179 e. The van der Waals surface area contributed by atoms with Crippen molar-refractivity contribution in [1.82, 2.24) is 4.90 Å². The molecule has 1 saturated heterocycles. The van der Waals surface area contributed by atoms with Crippen LogP contribution in [0, 0.1) is 0 Å². The van der Waals surface area contributed by atoms with Crippen LogP contribution >= 0.6 is 0 Å². The third kappa shape index (κ3) is 3.38. The van der Waals surface area contributed by atoms with Gasteiger partial charge in [-0.1, -0.05) is 30.3 Å². The molecule has 0 radical (unpaired) electrons. The SMILES string of the molecule is CC(N)C(=O)C1CN(Cc2ccccc2)CCO1. The van der Waals surface area contributed by atoms with E-state index in [1.54, 1.807) is 6.92 Å². The van der Waals surface area contributed by atoms with E-state index in [2.05, 4.69) is 17.0 Å². The zero-order chi connectivity index (χ0) is 13.0. The molecule has 98 valence electrons. The minimum absolute atomic E-state index is 0.00670. The van der Waals surface area contributed by atoms with Gasteiger partial charge in [0.1, 0.15) is 6.10 Å². The number of carbonyl (C=O) groups is 1. The van der Waals surface area contributed by atoms with E-state index in [1.807, 2.05) is 18.2 Å². The number of carbonyl (C=O) groups excluding carboxylic acids is 1. The number of morpholine rings is 1. The predicted octanol–water partition coefficient (Wildman–Crippen LogP) is 0.804. The first-order valence-electron chi connectivity index (χ1n) is 6.34. The fourth-order valence-electron chi connectivity index (χ4n) is 2.15. The van der Waals surface area contributed by atoms with Crippen molar-refractivity contribution in [2.45, 2.75) is 25.6 Å². The van der Waals surface area contributed by atoms with Crippen LogP contribution in [0.4, 0.5) is 0 Å². The van der Waals surface area contributed by atoms with E-state index in [1.165, 1.54) is 5.56 Å². The summed E-state index contributed by atoms with van der Waals surface area (Å²) in [6.07, 6.45) is -0.373. The van der Waals surface area contributed by atoms with Crippen molar-refractivity contribution in [2.24, 2.45) is 5.73 Å². The highest BCUT2D eigenvalue weighted by Crippen LogP contribution is 2.11. The Hall–Kier alpha value is -1.23. The third-order valence-electron chi connectivity index (χ3n) is 3.17. The Labute approximate surface area is 108 Å². The second-order valence-electron chi connectivity index (χ2n) is 4.77. The summed E-state index contributed by atoms with van der Waals surface area (Å²) in [4.78, 5) is 14.1. The van der Waals surface area contributed by atoms with Crippen LogP contribution in [0.15, 0.2) is 30.3 Å². The summed E-state index contributed by atoms with van der Waals surface area (Å²) < 4.78 is 5.50. The summed E-state index contributed by atoms with van der Waals surface area (Å²) in [7, 11) is 0. The quantitative estimate of drug-likeness (QED) is 0.856. The lowest BCUT2D eigenvalue weighted by Gasteiger charge is -2.32. The highest BCUT2D eigenvalue weighted by atomic mass is 16.5. The Morgan fingerprint density at radius 3 is 2.89 bits per heavy atom. The Bertz CT molecular complexity index is 392. The van der Waals surface area contributed by atoms with Crippen LogP contribution in [0.1, 0.15) is 12.5 Å². The highest BCUT2D eigenvalue weighted by molar-refractivity contribution is 5.87. The number of Topliss-reactive ketones (excluding diaryl/α,β-unsaturated/α-hetero) is 1. The monoisotopic (exact) mass is 248 g/mol. The molecule has 0 amide bonds. The molecule has 0 aliphatic carbocycles. The molecule has 2 unspecified atom stereocenters. The number of hydrogen-bond acceptors (Lipinski definition) is 4. The van der Waals surface area contributed by atoms with E-state index >= 15 is 0 Å². The van der Waals surface area contributed by atoms with Crippen LogP contribution in [-0.2, 0) is 16.1 Å². The first-order chi connectivity index (χ1) is 8.66. The zero-order valence-corrected chi connectivity index (χ0v) is 10.7. The van der Waals surface area contributed by atoms with Crippen molar-refractivity contribution < 1.29 is 9.53 Å². The average Bonchev–Trinajstić information content (AvgIpc) is 2.39. The molecular formula is C14H20N2O2. The molecule has 2 N–H and O–H groups in total. The van der Waals surface area contributed by atoms with Gasteiger partial charge >= 0.3 is 0 Å². The van der Waals surface area contributed by atoms with Crippen molar-refractivity contribution in [3.8, 4) is 0 Å². The molecule has 0 bridgehead atoms. The number of ether oxygens (including phenoxy) is 1. The molecule has 1 aliphatic heterocycles. The molecule has 0 aromatic heterocycles. The topological polar surface area (TPSA) is 55.6 Å². The molecule has 1 aromatic rings. The fraction of sp³-hybridized carbons (Fsp3) is 0.500. The zero-order valence-electron chi connectivity index (χ0n) is 10.7. The van der Waals surface area contributed by atoms with Gasteiger partial charge in [-0.25, -0.2) is 0 Å². The van der Waals surface area contributed by atoms with E-state index < -0.39 is 6.04 Å². The van der Waals surface area contributed by atoms with E-state index in [-0.39, 0.29) is 11.9 Å². The molecule has 0 spiro atoms. The first kappa shape index (κ1) is 13.2. The molecule has 2 atom stereocenters. The number of benzene rings is 1. The van der Waals surface area contributed by atoms with E-state index in [0.29, 0.717) is 13.2 Å². The lowest BCUT2D eigenvalue weighted by Crippen LogP contribution is -2.49. The van der Waals surface area contributed by atoms with Gasteiger partial charge in [0.05, 0.1) is 12.6 Å². The van der Waals surface area contributed by atoms with E-state index in [4.69, 9.17) is 10.5 Å². The van der Waals surface area contributed by atoms with Gasteiger partial charge in [0.15, 0.2) is 5.78 Å². The van der Waals surface area contributed by atoms with Crippen LogP contribution < -0.4 is 5.73 Å². The largest absolute Gasteiger partial charge is 0.368 e. The van der Waals surface area contributed by atoms with Crippen LogP contribution in [0.5, 0.6) is 0 Å². The summed E-state index contributed by atoms with van der Waals surface area (Å²) in [5.74, 6) is -0.00670. The first-order valence-corrected chi connectivity index (χ1v) is 6.34. The summed E-state index contributed by atoms with van der Waals surface area (Å²) in [5, 5.41) is 0. The molecule has 1 aromatic carbocycles. The van der Waals surface area contributed by atoms with Crippen molar-refractivity contribution in [3.05, 3.63) is 35.9 Å². The Balaban J connectivity index is 1.93. The van der Waals surface area contributed by atoms with Crippen LogP contribution in [0.3, 0.4) is 0 Å². The summed E-state index contributed by atoms with van der Waals surface area (Å²) in [5.41, 5.74) is 6.87. The Kier molecular flexibility index (Phi) is 4.47. The average molecular weight is 248 g/mol. The number of nitrogens with zero attached hydrogens (tertiary/aromatic N) is 1. The van der Waals surface area contributed by atoms with Crippen LogP contribution in [0.25, 0.3) is 0 Å². The molecule has 1 aliphatic rings. The Morgan fingerprint density at radius 2 is 2.22 bits per heavy atom. The van der Waals surface area contributed by atoms with Gasteiger partial charge in [-0.05, 0) is 12.5 Å². The van der Waals surface area contributed by atoms with Gasteiger partial charge in [-0.2, -0.15) is 0 Å². The van der Waals surface area contributed by atoms with E-state index in [9.17, 15) is 4.79 Å². The maximum atomic E-state index is 11.8. The molecule has 1 heterocycles. The van der Waals surface area contributed by atoms with Crippen molar-refractivity contribution in [3.63, 3.8) is 0 Å². The molecular weight excluding hydrogens is 228 g/mol. The van der Waals surface area contributed by atoms with Crippen molar-refractivity contribution in [2.75, 3.05) is 19.7 Å². The number of rotatable bonds is 4. The summed E-state index contributed by atoms with van der Waals surface area (Å²) in [6.45, 7) is 4.65. The second-order valence-corrected chi connectivity index (χ2v) is 4.77. The number of ketones is 1. The van der Waals surface area contributed by atoms with Gasteiger partial charge in [-0.3, -0.25) is 9.69 Å². The van der Waals surface area contributed by atoms with Gasteiger partial charge in [0.25, 0.3) is 0 Å². The standard InChI is InChI=1S/C14H20N2O2/c1-11(15)14(17)13-10-16(7-8-18-13)9-12-5-3-2-4-6-12/h2-6,11,13H,7-10,15H2,1H3. The molecule has 2 rings (SSSR count). The number of nitrogens with two attached hydrogens (primary N) is 1. The van der Waals surface area contributed by atoms with Crippen molar-refractivity contribution in [1.29, 1.82) is 0 Å². The van der Waals surface area contributed by atoms with Crippen LogP contribution in [-0.4, -0.2) is 42.5 Å². The lowest BCUT2D eigenvalue weighted by atomic mass is 10.1. The maximum absolute atomic E-state index is 11.8. The Morgan fingerprint density at radius 1 is 1.50 bits per heavy atom. The minimum Gasteiger partial charge on any atom is -0.368 e. The summed E-state index contributed by atoms with van der Waals surface area (Å²) in [6, 6.07) is 9.80. The molecule has 0 saturated carbocycles. The molecule has 1 fully saturated rings. The minimum atomic E-state index is -0.452. The fourth-order valence-corrected chi connectivity index (χ4v) is 2.15. The second kappa shape index (κ2) is 6.09. The van der Waals surface area contributed by atoms with E-state index in [0.717, 1.165) is 13.1 Å². The smallest absolute Gasteiger partial charge is 0.179 e. The van der Waals surface area contributed by atoms with Gasteiger partial charge in [-0.15, -0.1) is 0 Å². The molecule has 4 heteroatoms. The predicted molar refractivity (Wildman–Crippen MR) is 70.1 cm³/mol.